The lowest BCUT2D eigenvalue weighted by Gasteiger charge is -2.26. The van der Waals surface area contributed by atoms with Crippen molar-refractivity contribution >= 4 is 16.8 Å². The zero-order valence-corrected chi connectivity index (χ0v) is 12.6. The number of nitrogens with one attached hydrogen (secondary N) is 2. The molecule has 2 N–H and O–H groups in total. The van der Waals surface area contributed by atoms with Gasteiger partial charge in [0.25, 0.3) is 5.91 Å². The number of likely N-dealkylation sites (tertiary alicyclic amines) is 1. The van der Waals surface area contributed by atoms with Gasteiger partial charge in [-0.15, -0.1) is 0 Å². The fourth-order valence-electron chi connectivity index (χ4n) is 3.17. The Kier molecular flexibility index (Phi) is 4.25. The van der Waals surface area contributed by atoms with Gasteiger partial charge in [0.1, 0.15) is 0 Å². The molecule has 1 amide bonds. The molecular formula is C17H23N3O. The van der Waals surface area contributed by atoms with E-state index in [-0.39, 0.29) is 5.91 Å². The number of fused-ring (bicyclic) bond motifs is 1. The average molecular weight is 285 g/mol. The first-order valence-corrected chi connectivity index (χ1v) is 7.83. The molecular weight excluding hydrogens is 262 g/mol. The van der Waals surface area contributed by atoms with Crippen LogP contribution in [-0.4, -0.2) is 42.0 Å². The Morgan fingerprint density at radius 2 is 2.00 bits per heavy atom. The van der Waals surface area contributed by atoms with E-state index in [1.54, 1.807) is 0 Å². The highest BCUT2D eigenvalue weighted by molar-refractivity contribution is 6.08. The van der Waals surface area contributed by atoms with Crippen molar-refractivity contribution < 1.29 is 4.79 Å². The van der Waals surface area contributed by atoms with Crippen LogP contribution in [0.5, 0.6) is 0 Å². The topological polar surface area (TPSA) is 48.1 Å². The highest BCUT2D eigenvalue weighted by Gasteiger charge is 2.16. The molecule has 0 bridgehead atoms. The fourth-order valence-corrected chi connectivity index (χ4v) is 3.17. The molecule has 21 heavy (non-hydrogen) atoms. The van der Waals surface area contributed by atoms with Crippen molar-refractivity contribution in [1.29, 1.82) is 0 Å². The maximum Gasteiger partial charge on any atom is 0.253 e. The summed E-state index contributed by atoms with van der Waals surface area (Å²) in [6.07, 6.45) is 3.92. The summed E-state index contributed by atoms with van der Waals surface area (Å²) in [6.45, 7) is 5.97. The number of nitrogens with zero attached hydrogens (tertiary/aromatic N) is 1. The molecule has 2 aromatic rings. The number of carbonyl (C=O) groups excluding carboxylic acids is 1. The van der Waals surface area contributed by atoms with Crippen LogP contribution in [0, 0.1) is 6.92 Å². The Labute approximate surface area is 125 Å². The summed E-state index contributed by atoms with van der Waals surface area (Å²) < 4.78 is 0. The molecule has 0 spiro atoms. The van der Waals surface area contributed by atoms with E-state index in [1.165, 1.54) is 32.4 Å². The van der Waals surface area contributed by atoms with Crippen LogP contribution in [-0.2, 0) is 0 Å². The van der Waals surface area contributed by atoms with Gasteiger partial charge in [0.15, 0.2) is 0 Å². The molecule has 0 atom stereocenters. The van der Waals surface area contributed by atoms with Crippen molar-refractivity contribution in [1.82, 2.24) is 15.2 Å². The number of para-hydroxylation sites is 1. The van der Waals surface area contributed by atoms with E-state index >= 15 is 0 Å². The minimum atomic E-state index is 0.0296. The van der Waals surface area contributed by atoms with Crippen LogP contribution in [0.25, 0.3) is 10.9 Å². The van der Waals surface area contributed by atoms with Crippen LogP contribution in [0.1, 0.15) is 35.3 Å². The molecule has 1 aromatic carbocycles. The molecule has 2 heterocycles. The van der Waals surface area contributed by atoms with Crippen LogP contribution in [0.15, 0.2) is 24.3 Å². The molecule has 0 aliphatic carbocycles. The maximum absolute atomic E-state index is 12.4. The summed E-state index contributed by atoms with van der Waals surface area (Å²) in [7, 11) is 0. The molecule has 4 nitrogen and oxygen atoms in total. The zero-order chi connectivity index (χ0) is 14.7. The summed E-state index contributed by atoms with van der Waals surface area (Å²) in [5.74, 6) is 0.0296. The van der Waals surface area contributed by atoms with Gasteiger partial charge in [-0.2, -0.15) is 0 Å². The average Bonchev–Trinajstić information content (AvgIpc) is 2.84. The van der Waals surface area contributed by atoms with E-state index < -0.39 is 0 Å². The second-order valence-corrected chi connectivity index (χ2v) is 5.83. The quantitative estimate of drug-likeness (QED) is 0.907. The number of hydrogen-bond acceptors (Lipinski definition) is 2. The minimum absolute atomic E-state index is 0.0296. The molecule has 4 heteroatoms. The van der Waals surface area contributed by atoms with Gasteiger partial charge >= 0.3 is 0 Å². The van der Waals surface area contributed by atoms with Crippen molar-refractivity contribution in [2.24, 2.45) is 0 Å². The smallest absolute Gasteiger partial charge is 0.253 e. The fraction of sp³-hybridized carbons (Fsp3) is 0.471. The van der Waals surface area contributed by atoms with E-state index in [4.69, 9.17) is 0 Å². The third-order valence-corrected chi connectivity index (χ3v) is 4.28. The number of aromatic amines is 1. The third kappa shape index (κ3) is 3.10. The summed E-state index contributed by atoms with van der Waals surface area (Å²) in [5.41, 5.74) is 2.74. The normalized spacial score (nSPS) is 16.2. The van der Waals surface area contributed by atoms with E-state index in [1.807, 2.05) is 31.2 Å². The largest absolute Gasteiger partial charge is 0.358 e. The van der Waals surface area contributed by atoms with Gasteiger partial charge in [-0.05, 0) is 38.9 Å². The number of rotatable bonds is 4. The summed E-state index contributed by atoms with van der Waals surface area (Å²) in [5, 5.41) is 4.07. The molecule has 0 radical (unpaired) electrons. The Morgan fingerprint density at radius 1 is 1.24 bits per heavy atom. The SMILES string of the molecule is Cc1[nH]c2ccccc2c1C(=O)NCCN1CCCCC1. The molecule has 1 aliphatic rings. The number of hydrogen-bond donors (Lipinski definition) is 2. The first-order chi connectivity index (χ1) is 10.3. The summed E-state index contributed by atoms with van der Waals surface area (Å²) in [6, 6.07) is 7.96. The highest BCUT2D eigenvalue weighted by Crippen LogP contribution is 2.21. The predicted molar refractivity (Wildman–Crippen MR) is 85.7 cm³/mol. The molecule has 1 aromatic heterocycles. The maximum atomic E-state index is 12.4. The number of piperidine rings is 1. The number of carbonyl (C=O) groups is 1. The lowest BCUT2D eigenvalue weighted by atomic mass is 10.1. The minimum Gasteiger partial charge on any atom is -0.358 e. The van der Waals surface area contributed by atoms with E-state index in [9.17, 15) is 4.79 Å². The number of aromatic nitrogens is 1. The molecule has 1 fully saturated rings. The van der Waals surface area contributed by atoms with Gasteiger partial charge in [0.05, 0.1) is 5.56 Å². The van der Waals surface area contributed by atoms with Gasteiger partial charge in [0.2, 0.25) is 0 Å². The van der Waals surface area contributed by atoms with Crippen LogP contribution in [0.3, 0.4) is 0 Å². The lowest BCUT2D eigenvalue weighted by molar-refractivity contribution is 0.0947. The molecule has 3 rings (SSSR count). The van der Waals surface area contributed by atoms with Gasteiger partial charge in [-0.3, -0.25) is 4.79 Å². The Bertz CT molecular complexity index is 626. The van der Waals surface area contributed by atoms with E-state index in [2.05, 4.69) is 15.2 Å². The van der Waals surface area contributed by atoms with Gasteiger partial charge in [-0.1, -0.05) is 24.6 Å². The predicted octanol–water partition coefficient (Wildman–Crippen LogP) is 2.69. The molecule has 112 valence electrons. The summed E-state index contributed by atoms with van der Waals surface area (Å²) in [4.78, 5) is 18.1. The van der Waals surface area contributed by atoms with Crippen molar-refractivity contribution in [3.63, 3.8) is 0 Å². The van der Waals surface area contributed by atoms with Crippen molar-refractivity contribution in [3.8, 4) is 0 Å². The van der Waals surface area contributed by atoms with Crippen molar-refractivity contribution in [3.05, 3.63) is 35.5 Å². The van der Waals surface area contributed by atoms with Crippen LogP contribution < -0.4 is 5.32 Å². The third-order valence-electron chi connectivity index (χ3n) is 4.28. The highest BCUT2D eigenvalue weighted by atomic mass is 16.1. The second-order valence-electron chi connectivity index (χ2n) is 5.83. The molecule has 1 saturated heterocycles. The van der Waals surface area contributed by atoms with Crippen LogP contribution in [0.4, 0.5) is 0 Å². The van der Waals surface area contributed by atoms with Crippen LogP contribution in [0.2, 0.25) is 0 Å². The lowest BCUT2D eigenvalue weighted by Crippen LogP contribution is -2.37. The van der Waals surface area contributed by atoms with Gasteiger partial charge in [-0.25, -0.2) is 0 Å². The number of benzene rings is 1. The van der Waals surface area contributed by atoms with E-state index in [0.717, 1.165) is 35.2 Å². The number of aryl methyl sites for hydroxylation is 1. The first kappa shape index (κ1) is 14.1. The Balaban J connectivity index is 1.62. The molecule has 0 saturated carbocycles. The second kappa shape index (κ2) is 6.31. The van der Waals surface area contributed by atoms with Crippen molar-refractivity contribution in [2.45, 2.75) is 26.2 Å². The van der Waals surface area contributed by atoms with E-state index in [0.29, 0.717) is 0 Å². The number of amides is 1. The van der Waals surface area contributed by atoms with Gasteiger partial charge in [0, 0.05) is 29.7 Å². The Morgan fingerprint density at radius 3 is 2.81 bits per heavy atom. The summed E-state index contributed by atoms with van der Waals surface area (Å²) >= 11 is 0. The molecule has 1 aliphatic heterocycles. The van der Waals surface area contributed by atoms with Gasteiger partial charge < -0.3 is 15.2 Å². The monoisotopic (exact) mass is 285 g/mol. The standard InChI is InChI=1S/C17H23N3O/c1-13-16(14-7-3-4-8-15(14)19-13)17(21)18-9-12-20-10-5-2-6-11-20/h3-4,7-8,19H,2,5-6,9-12H2,1H3,(H,18,21). The Hall–Kier alpha value is -1.81. The first-order valence-electron chi connectivity index (χ1n) is 7.83. The number of H-pyrrole nitrogens is 1. The molecule has 0 unspecified atom stereocenters. The zero-order valence-electron chi connectivity index (χ0n) is 12.6. The van der Waals surface area contributed by atoms with Crippen molar-refractivity contribution in [2.75, 3.05) is 26.2 Å². The van der Waals surface area contributed by atoms with Crippen LogP contribution >= 0.6 is 0 Å².